The van der Waals surface area contributed by atoms with Crippen molar-refractivity contribution in [3.63, 3.8) is 0 Å². The standard InChI is InChI=1S/C22H22O10/c1-29-15-6-10(7-16-18(25)12-4-3-11(24)8-14(12)30-16)2-5-13(15)31-22-21(28)20(27)19(26)17(9-23)32-22/h2-8,17,19-24,26-28H,9H2,1H3. The maximum Gasteiger partial charge on any atom is 0.231 e. The molecule has 10 nitrogen and oxygen atoms in total. The number of rotatable bonds is 5. The van der Waals surface area contributed by atoms with E-state index in [1.54, 1.807) is 12.1 Å². The minimum atomic E-state index is -1.58. The normalized spacial score (nSPS) is 28.3. The summed E-state index contributed by atoms with van der Waals surface area (Å²) >= 11 is 0. The molecule has 2 aliphatic heterocycles. The molecule has 170 valence electrons. The van der Waals surface area contributed by atoms with Crippen molar-refractivity contribution in [2.45, 2.75) is 30.7 Å². The lowest BCUT2D eigenvalue weighted by Gasteiger charge is -2.39. The topological polar surface area (TPSA) is 155 Å². The molecule has 32 heavy (non-hydrogen) atoms. The van der Waals surface area contributed by atoms with Crippen LogP contribution in [0.4, 0.5) is 0 Å². The van der Waals surface area contributed by atoms with Crippen molar-refractivity contribution < 1.29 is 49.3 Å². The Hall–Kier alpha value is -3.15. The lowest BCUT2D eigenvalue weighted by atomic mass is 9.99. The number of aliphatic hydroxyl groups is 4. The van der Waals surface area contributed by atoms with Gasteiger partial charge in [0.25, 0.3) is 0 Å². The highest BCUT2D eigenvalue weighted by molar-refractivity contribution is 6.14. The van der Waals surface area contributed by atoms with Crippen molar-refractivity contribution in [3.8, 4) is 23.0 Å². The molecule has 2 aromatic rings. The van der Waals surface area contributed by atoms with Gasteiger partial charge in [0.1, 0.15) is 35.9 Å². The second-order valence-corrected chi connectivity index (χ2v) is 7.35. The van der Waals surface area contributed by atoms with Crippen molar-refractivity contribution in [1.82, 2.24) is 0 Å². The molecule has 1 saturated heterocycles. The van der Waals surface area contributed by atoms with Gasteiger partial charge in [0, 0.05) is 6.07 Å². The molecular formula is C22H22O10. The highest BCUT2D eigenvalue weighted by Crippen LogP contribution is 2.36. The zero-order chi connectivity index (χ0) is 23.0. The van der Waals surface area contributed by atoms with Crippen LogP contribution in [0.15, 0.2) is 42.2 Å². The third-order valence-electron chi connectivity index (χ3n) is 5.23. The van der Waals surface area contributed by atoms with Crippen LogP contribution in [-0.2, 0) is 4.74 Å². The zero-order valence-corrected chi connectivity index (χ0v) is 16.9. The van der Waals surface area contributed by atoms with Crippen LogP contribution in [0.5, 0.6) is 23.0 Å². The Bertz CT molecular complexity index is 1050. The molecule has 0 spiro atoms. The number of phenols is 1. The number of Topliss-reactive ketones (excluding diaryl/α,β-unsaturated/α-hetero) is 1. The van der Waals surface area contributed by atoms with E-state index in [-0.39, 0.29) is 34.5 Å². The number of phenolic OH excluding ortho intramolecular Hbond substituents is 1. The highest BCUT2D eigenvalue weighted by Gasteiger charge is 2.45. The quantitative estimate of drug-likeness (QED) is 0.402. The number of benzene rings is 2. The maximum absolute atomic E-state index is 12.5. The number of carbonyl (C=O) groups excluding carboxylic acids is 1. The van der Waals surface area contributed by atoms with E-state index < -0.39 is 37.3 Å². The summed E-state index contributed by atoms with van der Waals surface area (Å²) in [6, 6.07) is 8.90. The summed E-state index contributed by atoms with van der Waals surface area (Å²) in [5, 5.41) is 48.8. The zero-order valence-electron chi connectivity index (χ0n) is 16.9. The molecule has 10 heteroatoms. The predicted molar refractivity (Wildman–Crippen MR) is 108 cm³/mol. The fraction of sp³-hybridized carbons (Fsp3) is 0.318. The van der Waals surface area contributed by atoms with Gasteiger partial charge in [-0.05, 0) is 35.9 Å². The Kier molecular flexibility index (Phi) is 6.04. The molecule has 0 saturated carbocycles. The van der Waals surface area contributed by atoms with Crippen LogP contribution in [0.1, 0.15) is 15.9 Å². The largest absolute Gasteiger partial charge is 0.508 e. The smallest absolute Gasteiger partial charge is 0.231 e. The molecule has 2 aromatic carbocycles. The number of carbonyl (C=O) groups is 1. The molecule has 4 rings (SSSR count). The summed E-state index contributed by atoms with van der Waals surface area (Å²) in [6.45, 7) is -0.581. The Labute approximate surface area is 182 Å². The summed E-state index contributed by atoms with van der Waals surface area (Å²) in [6.07, 6.45) is -5.63. The maximum atomic E-state index is 12.5. The molecule has 0 aliphatic carbocycles. The monoisotopic (exact) mass is 446 g/mol. The van der Waals surface area contributed by atoms with Gasteiger partial charge in [-0.1, -0.05) is 6.07 Å². The molecule has 0 bridgehead atoms. The first-order chi connectivity index (χ1) is 15.3. The Morgan fingerprint density at radius 3 is 2.53 bits per heavy atom. The molecule has 0 radical (unpaired) electrons. The molecule has 2 heterocycles. The van der Waals surface area contributed by atoms with Crippen LogP contribution >= 0.6 is 0 Å². The number of aromatic hydroxyl groups is 1. The summed E-state index contributed by atoms with van der Waals surface area (Å²) in [5.74, 6) is 0.364. The van der Waals surface area contributed by atoms with Crippen molar-refractivity contribution in [2.24, 2.45) is 0 Å². The lowest BCUT2D eigenvalue weighted by molar-refractivity contribution is -0.277. The van der Waals surface area contributed by atoms with Gasteiger partial charge in [-0.25, -0.2) is 0 Å². The Balaban J connectivity index is 1.55. The van der Waals surface area contributed by atoms with Crippen molar-refractivity contribution in [1.29, 1.82) is 0 Å². The van der Waals surface area contributed by atoms with Crippen LogP contribution in [0, 0.1) is 0 Å². The first-order valence-electron chi connectivity index (χ1n) is 9.75. The number of hydrogen-bond donors (Lipinski definition) is 5. The first kappa shape index (κ1) is 22.1. The van der Waals surface area contributed by atoms with Gasteiger partial charge in [-0.2, -0.15) is 0 Å². The van der Waals surface area contributed by atoms with E-state index in [0.29, 0.717) is 11.1 Å². The summed E-state index contributed by atoms with van der Waals surface area (Å²) in [7, 11) is 1.39. The predicted octanol–water partition coefficient (Wildman–Crippen LogP) is 0.196. The van der Waals surface area contributed by atoms with Gasteiger partial charge < -0.3 is 44.5 Å². The molecule has 5 unspecified atom stereocenters. The Morgan fingerprint density at radius 1 is 1.03 bits per heavy atom. The number of hydrogen-bond acceptors (Lipinski definition) is 10. The molecule has 1 fully saturated rings. The molecule has 0 amide bonds. The van der Waals surface area contributed by atoms with Crippen molar-refractivity contribution in [2.75, 3.05) is 13.7 Å². The number of allylic oxidation sites excluding steroid dienone is 1. The third kappa shape index (κ3) is 4.01. The molecule has 5 N–H and O–H groups in total. The van der Waals surface area contributed by atoms with Gasteiger partial charge in [-0.15, -0.1) is 0 Å². The molecular weight excluding hydrogens is 424 g/mol. The Morgan fingerprint density at radius 2 is 1.81 bits per heavy atom. The van der Waals surface area contributed by atoms with E-state index in [0.717, 1.165) is 0 Å². The van der Waals surface area contributed by atoms with E-state index in [1.807, 2.05) is 0 Å². The van der Waals surface area contributed by atoms with Crippen LogP contribution in [0.3, 0.4) is 0 Å². The van der Waals surface area contributed by atoms with Gasteiger partial charge in [0.05, 0.1) is 19.3 Å². The number of methoxy groups -OCH3 is 1. The minimum absolute atomic E-state index is 0.0193. The first-order valence-corrected chi connectivity index (χ1v) is 9.75. The van der Waals surface area contributed by atoms with Crippen LogP contribution < -0.4 is 14.2 Å². The van der Waals surface area contributed by atoms with E-state index in [1.165, 1.54) is 37.5 Å². The van der Waals surface area contributed by atoms with Crippen LogP contribution in [-0.4, -0.2) is 75.7 Å². The SMILES string of the molecule is COc1cc(C=C2Oc3cc(O)ccc3C2=O)ccc1OC1OC(CO)C(O)C(O)C1O. The highest BCUT2D eigenvalue weighted by atomic mass is 16.7. The minimum Gasteiger partial charge on any atom is -0.508 e. The average molecular weight is 446 g/mol. The molecule has 0 aromatic heterocycles. The number of aliphatic hydroxyl groups excluding tert-OH is 4. The number of fused-ring (bicyclic) bond motifs is 1. The fourth-order valence-electron chi connectivity index (χ4n) is 3.49. The third-order valence-corrected chi connectivity index (χ3v) is 5.23. The van der Waals surface area contributed by atoms with Crippen LogP contribution in [0.2, 0.25) is 0 Å². The van der Waals surface area contributed by atoms with Crippen molar-refractivity contribution >= 4 is 11.9 Å². The summed E-state index contributed by atoms with van der Waals surface area (Å²) < 4.78 is 21.8. The second kappa shape index (κ2) is 8.77. The summed E-state index contributed by atoms with van der Waals surface area (Å²) in [4.78, 5) is 12.5. The van der Waals surface area contributed by atoms with Gasteiger partial charge in [0.2, 0.25) is 12.1 Å². The van der Waals surface area contributed by atoms with E-state index in [4.69, 9.17) is 18.9 Å². The second-order valence-electron chi connectivity index (χ2n) is 7.35. The lowest BCUT2D eigenvalue weighted by Crippen LogP contribution is -2.60. The fourth-order valence-corrected chi connectivity index (χ4v) is 3.49. The average Bonchev–Trinajstić information content (AvgIpc) is 3.09. The number of ether oxygens (including phenoxy) is 4. The molecule has 2 aliphatic rings. The van der Waals surface area contributed by atoms with Crippen molar-refractivity contribution in [3.05, 3.63) is 53.3 Å². The van der Waals surface area contributed by atoms with Crippen LogP contribution in [0.25, 0.3) is 6.08 Å². The van der Waals surface area contributed by atoms with E-state index >= 15 is 0 Å². The number of ketones is 1. The van der Waals surface area contributed by atoms with Gasteiger partial charge >= 0.3 is 0 Å². The van der Waals surface area contributed by atoms with Gasteiger partial charge in [0.15, 0.2) is 17.3 Å². The molecule has 5 atom stereocenters. The van der Waals surface area contributed by atoms with E-state index in [9.17, 15) is 30.3 Å². The van der Waals surface area contributed by atoms with E-state index in [2.05, 4.69) is 0 Å². The summed E-state index contributed by atoms with van der Waals surface area (Å²) in [5.41, 5.74) is 0.881. The van der Waals surface area contributed by atoms with Gasteiger partial charge in [-0.3, -0.25) is 4.79 Å².